The van der Waals surface area contributed by atoms with Crippen LogP contribution in [0.5, 0.6) is 5.75 Å². The van der Waals surface area contributed by atoms with Crippen molar-refractivity contribution >= 4 is 34.8 Å². The van der Waals surface area contributed by atoms with Gasteiger partial charge in [0, 0.05) is 6.54 Å². The molecule has 0 saturated carbocycles. The van der Waals surface area contributed by atoms with Crippen molar-refractivity contribution < 1.29 is 14.3 Å². The highest BCUT2D eigenvalue weighted by Crippen LogP contribution is 2.19. The molecule has 0 fully saturated rings. The number of ether oxygens (including phenoxy) is 1. The third-order valence-electron chi connectivity index (χ3n) is 4.35. The zero-order valence-corrected chi connectivity index (χ0v) is 18.3. The van der Waals surface area contributed by atoms with Crippen LogP contribution in [-0.2, 0) is 0 Å². The molecule has 0 aromatic heterocycles. The minimum atomic E-state index is -0.371. The number of hydrogen-bond donors (Lipinski definition) is 3. The Bertz CT molecular complexity index is 870. The van der Waals surface area contributed by atoms with Crippen molar-refractivity contribution in [1.29, 1.82) is 0 Å². The van der Waals surface area contributed by atoms with Crippen molar-refractivity contribution in [2.24, 2.45) is 0 Å². The van der Waals surface area contributed by atoms with E-state index in [1.54, 1.807) is 42.5 Å². The number of carbonyl (C=O) groups excluding carboxylic acids is 2. The van der Waals surface area contributed by atoms with Crippen LogP contribution in [0.3, 0.4) is 0 Å². The fraction of sp³-hybridized carbons (Fsp3) is 0.348. The van der Waals surface area contributed by atoms with Gasteiger partial charge in [-0.15, -0.1) is 0 Å². The minimum Gasteiger partial charge on any atom is -0.493 e. The Kier molecular flexibility index (Phi) is 9.80. The summed E-state index contributed by atoms with van der Waals surface area (Å²) < 4.78 is 5.72. The van der Waals surface area contributed by atoms with Crippen LogP contribution in [0.25, 0.3) is 0 Å². The molecule has 0 aliphatic rings. The summed E-state index contributed by atoms with van der Waals surface area (Å²) in [5.74, 6) is -0.0400. The summed E-state index contributed by atoms with van der Waals surface area (Å²) in [6.45, 7) is 5.30. The van der Waals surface area contributed by atoms with E-state index < -0.39 is 0 Å². The topological polar surface area (TPSA) is 79.5 Å². The lowest BCUT2D eigenvalue weighted by Gasteiger charge is -2.15. The molecular weight excluding hydrogens is 398 g/mol. The van der Waals surface area contributed by atoms with Crippen LogP contribution in [0.2, 0.25) is 0 Å². The summed E-state index contributed by atoms with van der Waals surface area (Å²) >= 11 is 5.30. The predicted octanol–water partition coefficient (Wildman–Crippen LogP) is 4.52. The zero-order chi connectivity index (χ0) is 21.8. The van der Waals surface area contributed by atoms with Crippen LogP contribution in [0.4, 0.5) is 5.69 Å². The molecule has 3 N–H and O–H groups in total. The Morgan fingerprint density at radius 3 is 2.30 bits per heavy atom. The monoisotopic (exact) mass is 427 g/mol. The molecule has 2 aromatic carbocycles. The average Bonchev–Trinajstić information content (AvgIpc) is 2.74. The molecule has 2 amide bonds. The van der Waals surface area contributed by atoms with E-state index in [1.807, 2.05) is 6.07 Å². The van der Waals surface area contributed by atoms with Gasteiger partial charge in [0.1, 0.15) is 5.75 Å². The van der Waals surface area contributed by atoms with E-state index in [0.29, 0.717) is 35.7 Å². The second-order valence-electron chi connectivity index (χ2n) is 6.76. The first kappa shape index (κ1) is 23.3. The third kappa shape index (κ3) is 7.15. The maximum absolute atomic E-state index is 12.7. The number of hydrogen-bond acceptors (Lipinski definition) is 4. The lowest BCUT2D eigenvalue weighted by atomic mass is 10.1. The molecule has 0 heterocycles. The minimum absolute atomic E-state index is 0.108. The third-order valence-corrected chi connectivity index (χ3v) is 4.55. The van der Waals surface area contributed by atoms with Gasteiger partial charge in [0.05, 0.1) is 23.4 Å². The number of carbonyl (C=O) groups is 2. The zero-order valence-electron chi connectivity index (χ0n) is 17.5. The Morgan fingerprint density at radius 1 is 0.900 bits per heavy atom. The molecule has 160 valence electrons. The smallest absolute Gasteiger partial charge is 0.261 e. The number of benzene rings is 2. The maximum atomic E-state index is 12.7. The second kappa shape index (κ2) is 12.6. The molecule has 0 bridgehead atoms. The van der Waals surface area contributed by atoms with E-state index in [1.165, 1.54) is 0 Å². The molecule has 6 nitrogen and oxygen atoms in total. The van der Waals surface area contributed by atoms with E-state index in [4.69, 9.17) is 17.0 Å². The summed E-state index contributed by atoms with van der Waals surface area (Å²) in [6.07, 6.45) is 3.83. The molecule has 0 aliphatic heterocycles. The van der Waals surface area contributed by atoms with Gasteiger partial charge >= 0.3 is 0 Å². The number of nitrogens with one attached hydrogen (secondary N) is 3. The molecule has 0 radical (unpaired) electrons. The van der Waals surface area contributed by atoms with Gasteiger partial charge in [-0.2, -0.15) is 0 Å². The van der Waals surface area contributed by atoms with Crippen molar-refractivity contribution in [1.82, 2.24) is 10.6 Å². The van der Waals surface area contributed by atoms with Crippen LogP contribution >= 0.6 is 12.2 Å². The number of unbranched alkanes of at least 4 members (excludes halogenated alkanes) is 2. The highest BCUT2D eigenvalue weighted by atomic mass is 32.1. The predicted molar refractivity (Wildman–Crippen MR) is 124 cm³/mol. The molecule has 0 aliphatic carbocycles. The van der Waals surface area contributed by atoms with Gasteiger partial charge in [0.2, 0.25) is 0 Å². The van der Waals surface area contributed by atoms with Crippen LogP contribution in [-0.4, -0.2) is 30.1 Å². The second-order valence-corrected chi connectivity index (χ2v) is 7.17. The number of rotatable bonds is 10. The van der Waals surface area contributed by atoms with E-state index in [-0.39, 0.29) is 16.9 Å². The van der Waals surface area contributed by atoms with Crippen LogP contribution in [0.15, 0.2) is 48.5 Å². The number of para-hydroxylation sites is 2. The standard InChI is InChI=1S/C23H29N3O3S/c1-3-5-15-24-21(27)17-11-7-9-13-19(17)25-23(30)26-22(28)18-12-8-10-14-20(18)29-16-6-4-2/h7-14H,3-6,15-16H2,1-2H3,(H,24,27)(H2,25,26,28,30). The van der Waals surface area contributed by atoms with Crippen molar-refractivity contribution in [3.63, 3.8) is 0 Å². The summed E-state index contributed by atoms with van der Waals surface area (Å²) in [7, 11) is 0. The summed E-state index contributed by atoms with van der Waals surface area (Å²) in [5.41, 5.74) is 1.40. The molecule has 0 atom stereocenters. The van der Waals surface area contributed by atoms with Crippen molar-refractivity contribution in [3.05, 3.63) is 59.7 Å². The highest BCUT2D eigenvalue weighted by Gasteiger charge is 2.15. The van der Waals surface area contributed by atoms with Gasteiger partial charge in [-0.05, 0) is 49.3 Å². The Labute approximate surface area is 183 Å². The Hall–Kier alpha value is -2.93. The van der Waals surface area contributed by atoms with Crippen LogP contribution in [0, 0.1) is 0 Å². The first-order chi connectivity index (χ1) is 14.6. The maximum Gasteiger partial charge on any atom is 0.261 e. The molecule has 7 heteroatoms. The van der Waals surface area contributed by atoms with Gasteiger partial charge in [0.15, 0.2) is 5.11 Å². The molecule has 30 heavy (non-hydrogen) atoms. The lowest BCUT2D eigenvalue weighted by molar-refractivity contribution is 0.0951. The normalized spacial score (nSPS) is 10.2. The van der Waals surface area contributed by atoms with Crippen molar-refractivity contribution in [3.8, 4) is 5.75 Å². The fourth-order valence-corrected chi connectivity index (χ4v) is 2.90. The molecule has 0 saturated heterocycles. The van der Waals surface area contributed by atoms with E-state index in [9.17, 15) is 9.59 Å². The van der Waals surface area contributed by atoms with Gasteiger partial charge in [0.25, 0.3) is 11.8 Å². The lowest BCUT2D eigenvalue weighted by Crippen LogP contribution is -2.35. The van der Waals surface area contributed by atoms with Crippen molar-refractivity contribution in [2.45, 2.75) is 39.5 Å². The van der Waals surface area contributed by atoms with E-state index in [2.05, 4.69) is 29.8 Å². The van der Waals surface area contributed by atoms with Gasteiger partial charge in [-0.3, -0.25) is 14.9 Å². The molecular formula is C23H29N3O3S. The van der Waals surface area contributed by atoms with Crippen LogP contribution < -0.4 is 20.7 Å². The number of amides is 2. The Morgan fingerprint density at radius 2 is 1.57 bits per heavy atom. The Balaban J connectivity index is 2.03. The molecule has 0 unspecified atom stereocenters. The highest BCUT2D eigenvalue weighted by molar-refractivity contribution is 7.80. The summed E-state index contributed by atoms with van der Waals surface area (Å²) in [4.78, 5) is 25.1. The van der Waals surface area contributed by atoms with Gasteiger partial charge in [-0.1, -0.05) is 51.0 Å². The quantitative estimate of drug-likeness (QED) is 0.384. The van der Waals surface area contributed by atoms with Crippen LogP contribution in [0.1, 0.15) is 60.2 Å². The van der Waals surface area contributed by atoms with E-state index >= 15 is 0 Å². The van der Waals surface area contributed by atoms with E-state index in [0.717, 1.165) is 25.7 Å². The SMILES string of the molecule is CCCCNC(=O)c1ccccc1NC(=S)NC(=O)c1ccccc1OCCCC. The van der Waals surface area contributed by atoms with Gasteiger partial charge in [-0.25, -0.2) is 0 Å². The number of thiocarbonyl (C=S) groups is 1. The fourth-order valence-electron chi connectivity index (χ4n) is 2.69. The summed E-state index contributed by atoms with van der Waals surface area (Å²) in [6, 6.07) is 14.1. The molecule has 2 aromatic rings. The summed E-state index contributed by atoms with van der Waals surface area (Å²) in [5, 5.41) is 8.61. The van der Waals surface area contributed by atoms with Crippen molar-refractivity contribution in [2.75, 3.05) is 18.5 Å². The number of anilines is 1. The first-order valence-corrected chi connectivity index (χ1v) is 10.7. The first-order valence-electron chi connectivity index (χ1n) is 10.3. The molecule has 0 spiro atoms. The largest absolute Gasteiger partial charge is 0.493 e. The molecule has 2 rings (SSSR count). The average molecular weight is 428 g/mol. The van der Waals surface area contributed by atoms with Gasteiger partial charge < -0.3 is 15.4 Å².